The Hall–Kier alpha value is -3.45. The van der Waals surface area contributed by atoms with E-state index in [0.717, 1.165) is 39.1 Å². The summed E-state index contributed by atoms with van der Waals surface area (Å²) >= 11 is 0. The molecule has 2 aromatic carbocycles. The monoisotopic (exact) mass is 416 g/mol. The Bertz CT molecular complexity index is 1350. The number of benzene rings is 2. The molecule has 0 N–H and O–H groups in total. The molecule has 0 bridgehead atoms. The molecule has 0 saturated heterocycles. The molecule has 0 amide bonds. The van der Waals surface area contributed by atoms with Crippen LogP contribution in [0.25, 0.3) is 22.0 Å². The van der Waals surface area contributed by atoms with Gasteiger partial charge in [-0.1, -0.05) is 6.07 Å². The Morgan fingerprint density at radius 2 is 1.67 bits per heavy atom. The Kier molecular flexibility index (Phi) is 4.22. The zero-order valence-electron chi connectivity index (χ0n) is 16.6. The van der Waals surface area contributed by atoms with E-state index in [9.17, 15) is 8.42 Å². The van der Waals surface area contributed by atoms with E-state index in [1.165, 1.54) is 6.26 Å². The van der Waals surface area contributed by atoms with Crippen LogP contribution in [0.3, 0.4) is 0 Å². The SMILES string of the molecule is CN1CN(c2ccc(S(C)(=O)=O)cc2)c2c1cnc1ccc(-c3ccncc3)cc21. The summed E-state index contributed by atoms with van der Waals surface area (Å²) < 4.78 is 23.7. The Labute approximate surface area is 175 Å². The fourth-order valence-corrected chi connectivity index (χ4v) is 4.53. The van der Waals surface area contributed by atoms with Gasteiger partial charge in [0.05, 0.1) is 34.7 Å². The number of sulfone groups is 1. The summed E-state index contributed by atoms with van der Waals surface area (Å²) in [5, 5.41) is 1.05. The van der Waals surface area contributed by atoms with Crippen LogP contribution in [0, 0.1) is 0 Å². The van der Waals surface area contributed by atoms with Gasteiger partial charge in [-0.15, -0.1) is 0 Å². The zero-order valence-corrected chi connectivity index (χ0v) is 17.5. The average molecular weight is 417 g/mol. The van der Waals surface area contributed by atoms with Crippen molar-refractivity contribution in [1.29, 1.82) is 0 Å². The first-order chi connectivity index (χ1) is 14.4. The standard InChI is InChI=1S/C23H20N4O2S/c1-26-15-27(18-4-6-19(7-5-18)30(2,28)29)23-20-13-17(16-9-11-24-12-10-16)3-8-21(20)25-14-22(23)26/h3-14H,15H2,1-2H3. The van der Waals surface area contributed by atoms with Crippen LogP contribution in [0.2, 0.25) is 0 Å². The second-order valence-electron chi connectivity index (χ2n) is 7.49. The summed E-state index contributed by atoms with van der Waals surface area (Å²) in [4.78, 5) is 13.4. The molecule has 4 aromatic rings. The van der Waals surface area contributed by atoms with Gasteiger partial charge in [0, 0.05) is 36.8 Å². The summed E-state index contributed by atoms with van der Waals surface area (Å²) in [6, 6.07) is 17.3. The Balaban J connectivity index is 1.67. The highest BCUT2D eigenvalue weighted by atomic mass is 32.2. The van der Waals surface area contributed by atoms with Gasteiger partial charge in [-0.3, -0.25) is 9.97 Å². The lowest BCUT2D eigenvalue weighted by atomic mass is 10.0. The zero-order chi connectivity index (χ0) is 20.9. The molecule has 2 aromatic heterocycles. The molecule has 30 heavy (non-hydrogen) atoms. The molecule has 0 saturated carbocycles. The molecule has 0 fully saturated rings. The highest BCUT2D eigenvalue weighted by Gasteiger charge is 2.27. The number of hydrogen-bond donors (Lipinski definition) is 0. The van der Waals surface area contributed by atoms with E-state index >= 15 is 0 Å². The topological polar surface area (TPSA) is 66.4 Å². The molecule has 1 aliphatic rings. The predicted octanol–water partition coefficient (Wildman–Crippen LogP) is 4.25. The van der Waals surface area contributed by atoms with E-state index in [1.807, 2.05) is 43.6 Å². The van der Waals surface area contributed by atoms with E-state index in [2.05, 4.69) is 31.9 Å². The summed E-state index contributed by atoms with van der Waals surface area (Å²) in [6.45, 7) is 0.661. The number of rotatable bonds is 3. The third-order valence-electron chi connectivity index (χ3n) is 5.45. The fourth-order valence-electron chi connectivity index (χ4n) is 3.90. The van der Waals surface area contributed by atoms with Crippen molar-refractivity contribution in [3.8, 4) is 11.1 Å². The summed E-state index contributed by atoms with van der Waals surface area (Å²) in [7, 11) is -1.20. The maximum Gasteiger partial charge on any atom is 0.175 e. The van der Waals surface area contributed by atoms with Crippen LogP contribution in [0.5, 0.6) is 0 Å². The second-order valence-corrected chi connectivity index (χ2v) is 9.51. The third-order valence-corrected chi connectivity index (χ3v) is 6.57. The first-order valence-corrected chi connectivity index (χ1v) is 11.4. The lowest BCUT2D eigenvalue weighted by Crippen LogP contribution is -2.24. The molecule has 150 valence electrons. The number of anilines is 3. The number of aromatic nitrogens is 2. The molecular formula is C23H20N4O2S. The van der Waals surface area contributed by atoms with Crippen molar-refractivity contribution in [3.63, 3.8) is 0 Å². The van der Waals surface area contributed by atoms with E-state index in [1.54, 1.807) is 24.5 Å². The summed E-state index contributed by atoms with van der Waals surface area (Å²) in [6.07, 6.45) is 6.70. The van der Waals surface area contributed by atoms with Crippen LogP contribution in [0.4, 0.5) is 17.1 Å². The molecule has 1 aliphatic heterocycles. The van der Waals surface area contributed by atoms with E-state index in [4.69, 9.17) is 0 Å². The minimum atomic E-state index is -3.23. The first-order valence-electron chi connectivity index (χ1n) is 9.54. The van der Waals surface area contributed by atoms with Crippen LogP contribution >= 0.6 is 0 Å². The molecule has 6 nitrogen and oxygen atoms in total. The van der Waals surface area contributed by atoms with Crippen molar-refractivity contribution < 1.29 is 8.42 Å². The van der Waals surface area contributed by atoms with Gasteiger partial charge in [0.2, 0.25) is 0 Å². The molecule has 0 aliphatic carbocycles. The lowest BCUT2D eigenvalue weighted by molar-refractivity contribution is 0.602. The fraction of sp³-hybridized carbons (Fsp3) is 0.130. The average Bonchev–Trinajstić information content (AvgIpc) is 3.10. The van der Waals surface area contributed by atoms with E-state index in [0.29, 0.717) is 11.6 Å². The van der Waals surface area contributed by atoms with Gasteiger partial charge < -0.3 is 9.80 Å². The molecule has 7 heteroatoms. The Morgan fingerprint density at radius 1 is 0.933 bits per heavy atom. The molecule has 0 atom stereocenters. The largest absolute Gasteiger partial charge is 0.354 e. The van der Waals surface area contributed by atoms with Gasteiger partial charge >= 0.3 is 0 Å². The van der Waals surface area contributed by atoms with Gasteiger partial charge in [-0.2, -0.15) is 0 Å². The minimum Gasteiger partial charge on any atom is -0.354 e. The van der Waals surface area contributed by atoms with Crippen LogP contribution in [-0.4, -0.2) is 38.4 Å². The van der Waals surface area contributed by atoms with Crippen LogP contribution in [-0.2, 0) is 9.84 Å². The number of fused-ring (bicyclic) bond motifs is 3. The Morgan fingerprint density at radius 3 is 2.37 bits per heavy atom. The van der Waals surface area contributed by atoms with Crippen molar-refractivity contribution in [2.75, 3.05) is 29.8 Å². The minimum absolute atomic E-state index is 0.318. The van der Waals surface area contributed by atoms with Crippen molar-refractivity contribution in [3.05, 3.63) is 73.2 Å². The van der Waals surface area contributed by atoms with Crippen molar-refractivity contribution in [1.82, 2.24) is 9.97 Å². The maximum atomic E-state index is 11.8. The van der Waals surface area contributed by atoms with Gasteiger partial charge in [-0.05, 0) is 59.7 Å². The van der Waals surface area contributed by atoms with E-state index in [-0.39, 0.29) is 0 Å². The maximum absolute atomic E-state index is 11.8. The summed E-state index contributed by atoms with van der Waals surface area (Å²) in [5.41, 5.74) is 6.17. The highest BCUT2D eigenvalue weighted by Crippen LogP contribution is 2.44. The molecule has 0 radical (unpaired) electrons. The van der Waals surface area contributed by atoms with Gasteiger partial charge in [-0.25, -0.2) is 8.42 Å². The summed E-state index contributed by atoms with van der Waals surface area (Å²) in [5.74, 6) is 0. The first kappa shape index (κ1) is 18.6. The molecular weight excluding hydrogens is 396 g/mol. The number of hydrogen-bond acceptors (Lipinski definition) is 6. The van der Waals surface area contributed by atoms with Crippen LogP contribution in [0.15, 0.2) is 78.1 Å². The van der Waals surface area contributed by atoms with Gasteiger partial charge in [0.25, 0.3) is 0 Å². The van der Waals surface area contributed by atoms with Gasteiger partial charge in [0.1, 0.15) is 0 Å². The molecule has 0 spiro atoms. The molecule has 5 rings (SSSR count). The third kappa shape index (κ3) is 3.07. The normalized spacial score (nSPS) is 13.7. The van der Waals surface area contributed by atoms with Crippen molar-refractivity contribution >= 4 is 37.8 Å². The van der Waals surface area contributed by atoms with Crippen LogP contribution < -0.4 is 9.80 Å². The lowest BCUT2D eigenvalue weighted by Gasteiger charge is -2.21. The predicted molar refractivity (Wildman–Crippen MR) is 120 cm³/mol. The quantitative estimate of drug-likeness (QED) is 0.498. The van der Waals surface area contributed by atoms with Crippen LogP contribution in [0.1, 0.15) is 0 Å². The van der Waals surface area contributed by atoms with Gasteiger partial charge in [0.15, 0.2) is 9.84 Å². The highest BCUT2D eigenvalue weighted by molar-refractivity contribution is 7.90. The second kappa shape index (κ2) is 6.81. The number of nitrogens with zero attached hydrogens (tertiary/aromatic N) is 4. The van der Waals surface area contributed by atoms with E-state index < -0.39 is 9.84 Å². The van der Waals surface area contributed by atoms with Crippen molar-refractivity contribution in [2.45, 2.75) is 4.90 Å². The smallest absolute Gasteiger partial charge is 0.175 e. The van der Waals surface area contributed by atoms with Crippen molar-refractivity contribution in [2.24, 2.45) is 0 Å². The number of pyridine rings is 2. The molecule has 0 unspecified atom stereocenters. The molecule has 3 heterocycles.